The van der Waals surface area contributed by atoms with E-state index in [-0.39, 0.29) is 18.0 Å². The summed E-state index contributed by atoms with van der Waals surface area (Å²) in [5, 5.41) is 11.0. The van der Waals surface area contributed by atoms with Crippen LogP contribution in [0.5, 0.6) is 0 Å². The van der Waals surface area contributed by atoms with Crippen LogP contribution in [0, 0.1) is 0 Å². The summed E-state index contributed by atoms with van der Waals surface area (Å²) in [4.78, 5) is 31.0. The standard InChI is InChI=1S/C19H31N5O3S/c1-19(2,3)27-18(26)23-14-8-11-24(13-14)17(20-4)22-10-6-9-21-16(25)15-7-5-12-28-15/h5,7,12,14H,6,8-11,13H2,1-4H3,(H,20,22)(H,21,25)(H,23,26). The molecule has 0 bridgehead atoms. The molecule has 0 aromatic carbocycles. The smallest absolute Gasteiger partial charge is 0.407 e. The lowest BCUT2D eigenvalue weighted by molar-refractivity contribution is 0.0507. The van der Waals surface area contributed by atoms with Crippen LogP contribution in [0.3, 0.4) is 0 Å². The summed E-state index contributed by atoms with van der Waals surface area (Å²) in [7, 11) is 1.75. The van der Waals surface area contributed by atoms with Crippen LogP contribution in [0.2, 0.25) is 0 Å². The van der Waals surface area contributed by atoms with E-state index in [1.54, 1.807) is 7.05 Å². The Kier molecular flexibility index (Phi) is 8.10. The van der Waals surface area contributed by atoms with Crippen molar-refractivity contribution in [3.05, 3.63) is 22.4 Å². The van der Waals surface area contributed by atoms with Crippen molar-refractivity contribution >= 4 is 29.3 Å². The second kappa shape index (κ2) is 10.3. The quantitative estimate of drug-likeness (QED) is 0.380. The molecule has 1 unspecified atom stereocenters. The lowest BCUT2D eigenvalue weighted by Crippen LogP contribution is -2.44. The Bertz CT molecular complexity index is 670. The van der Waals surface area contributed by atoms with E-state index in [0.29, 0.717) is 19.6 Å². The van der Waals surface area contributed by atoms with Gasteiger partial charge in [-0.05, 0) is 45.1 Å². The van der Waals surface area contributed by atoms with Gasteiger partial charge >= 0.3 is 6.09 Å². The summed E-state index contributed by atoms with van der Waals surface area (Å²) in [5.41, 5.74) is -0.501. The number of hydrogen-bond donors (Lipinski definition) is 3. The predicted octanol–water partition coefficient (Wildman–Crippen LogP) is 2.04. The Hall–Kier alpha value is -2.29. The first-order valence-corrected chi connectivity index (χ1v) is 10.4. The normalized spacial score (nSPS) is 17.4. The molecule has 9 heteroatoms. The summed E-state index contributed by atoms with van der Waals surface area (Å²) in [6, 6.07) is 3.72. The van der Waals surface area contributed by atoms with Gasteiger partial charge in [-0.2, -0.15) is 0 Å². The molecule has 156 valence electrons. The molecule has 1 fully saturated rings. The van der Waals surface area contributed by atoms with Gasteiger partial charge in [0.15, 0.2) is 5.96 Å². The minimum atomic E-state index is -0.501. The van der Waals surface area contributed by atoms with Crippen LogP contribution in [0.15, 0.2) is 22.5 Å². The molecule has 1 atom stereocenters. The number of alkyl carbamates (subject to hydrolysis) is 1. The molecule has 2 amide bonds. The first kappa shape index (κ1) is 22.0. The molecule has 1 saturated heterocycles. The van der Waals surface area contributed by atoms with Crippen molar-refractivity contribution in [1.82, 2.24) is 20.9 Å². The Morgan fingerprint density at radius 3 is 2.71 bits per heavy atom. The van der Waals surface area contributed by atoms with Crippen LogP contribution in [0.25, 0.3) is 0 Å². The topological polar surface area (TPSA) is 95.1 Å². The van der Waals surface area contributed by atoms with Crippen molar-refractivity contribution in [3.8, 4) is 0 Å². The third-order valence-corrected chi connectivity index (χ3v) is 4.96. The van der Waals surface area contributed by atoms with Crippen LogP contribution in [0.4, 0.5) is 4.79 Å². The number of nitrogens with one attached hydrogen (secondary N) is 3. The first-order chi connectivity index (χ1) is 13.3. The summed E-state index contributed by atoms with van der Waals surface area (Å²) in [5.74, 6) is 0.771. The second-order valence-corrected chi connectivity index (χ2v) is 8.59. The number of thiophene rings is 1. The number of rotatable bonds is 6. The summed E-state index contributed by atoms with van der Waals surface area (Å²) >= 11 is 1.43. The molecular weight excluding hydrogens is 378 g/mol. The average Bonchev–Trinajstić information content (AvgIpc) is 3.28. The number of nitrogens with zero attached hydrogens (tertiary/aromatic N) is 2. The van der Waals surface area contributed by atoms with Gasteiger partial charge in [0.1, 0.15) is 5.60 Å². The van der Waals surface area contributed by atoms with Crippen molar-refractivity contribution in [3.63, 3.8) is 0 Å². The fraction of sp³-hybridized carbons (Fsp3) is 0.632. The van der Waals surface area contributed by atoms with E-state index in [1.165, 1.54) is 11.3 Å². The maximum absolute atomic E-state index is 11.9. The van der Waals surface area contributed by atoms with Gasteiger partial charge in [0.25, 0.3) is 5.91 Å². The molecule has 1 aromatic rings. The van der Waals surface area contributed by atoms with E-state index >= 15 is 0 Å². The largest absolute Gasteiger partial charge is 0.444 e. The molecule has 8 nitrogen and oxygen atoms in total. The third-order valence-electron chi connectivity index (χ3n) is 4.09. The molecule has 1 aliphatic heterocycles. The zero-order chi connectivity index (χ0) is 20.6. The number of hydrogen-bond acceptors (Lipinski definition) is 5. The van der Waals surface area contributed by atoms with Gasteiger partial charge in [-0.3, -0.25) is 9.79 Å². The van der Waals surface area contributed by atoms with Gasteiger partial charge in [0.05, 0.1) is 10.9 Å². The average molecular weight is 410 g/mol. The number of aliphatic imine (C=N–C) groups is 1. The van der Waals surface area contributed by atoms with Crippen LogP contribution in [-0.4, -0.2) is 67.7 Å². The molecule has 1 aromatic heterocycles. The lowest BCUT2D eigenvalue weighted by atomic mass is 10.2. The van der Waals surface area contributed by atoms with Crippen LogP contribution in [0.1, 0.15) is 43.3 Å². The molecule has 3 N–H and O–H groups in total. The van der Waals surface area contributed by atoms with E-state index < -0.39 is 5.60 Å². The van der Waals surface area contributed by atoms with E-state index in [1.807, 2.05) is 38.3 Å². The Labute approximate surface area is 170 Å². The van der Waals surface area contributed by atoms with E-state index in [2.05, 4.69) is 25.8 Å². The molecule has 0 aliphatic carbocycles. The van der Waals surface area contributed by atoms with Gasteiger partial charge < -0.3 is 25.6 Å². The maximum atomic E-state index is 11.9. The van der Waals surface area contributed by atoms with Gasteiger partial charge in [-0.15, -0.1) is 11.3 Å². The Morgan fingerprint density at radius 2 is 2.07 bits per heavy atom. The summed E-state index contributed by atoms with van der Waals surface area (Å²) in [6.07, 6.45) is 1.25. The minimum Gasteiger partial charge on any atom is -0.444 e. The highest BCUT2D eigenvalue weighted by Gasteiger charge is 2.27. The van der Waals surface area contributed by atoms with Crippen molar-refractivity contribution in [2.45, 2.75) is 45.3 Å². The van der Waals surface area contributed by atoms with Gasteiger partial charge in [0, 0.05) is 33.2 Å². The highest BCUT2D eigenvalue weighted by Crippen LogP contribution is 2.12. The first-order valence-electron chi connectivity index (χ1n) is 9.55. The fourth-order valence-electron chi connectivity index (χ4n) is 2.86. The maximum Gasteiger partial charge on any atom is 0.407 e. The van der Waals surface area contributed by atoms with E-state index in [9.17, 15) is 9.59 Å². The highest BCUT2D eigenvalue weighted by atomic mass is 32.1. The SMILES string of the molecule is CN=C(NCCCNC(=O)c1cccs1)N1CCC(NC(=O)OC(C)(C)C)C1. The third kappa shape index (κ3) is 7.38. The van der Waals surface area contributed by atoms with Crippen molar-refractivity contribution in [1.29, 1.82) is 0 Å². The molecule has 2 heterocycles. The Balaban J connectivity index is 1.65. The minimum absolute atomic E-state index is 0.0324. The molecule has 2 rings (SSSR count). The van der Waals surface area contributed by atoms with E-state index in [4.69, 9.17) is 4.74 Å². The van der Waals surface area contributed by atoms with Crippen LogP contribution >= 0.6 is 11.3 Å². The number of guanidine groups is 1. The zero-order valence-corrected chi connectivity index (χ0v) is 17.9. The van der Waals surface area contributed by atoms with Crippen LogP contribution in [-0.2, 0) is 4.74 Å². The summed E-state index contributed by atoms with van der Waals surface area (Å²) in [6.45, 7) is 8.36. The lowest BCUT2D eigenvalue weighted by Gasteiger charge is -2.23. The summed E-state index contributed by atoms with van der Waals surface area (Å²) < 4.78 is 5.31. The number of likely N-dealkylation sites (tertiary alicyclic amines) is 1. The van der Waals surface area contributed by atoms with Gasteiger partial charge in [0.2, 0.25) is 0 Å². The van der Waals surface area contributed by atoms with Crippen molar-refractivity contribution in [2.75, 3.05) is 33.2 Å². The number of ether oxygens (including phenoxy) is 1. The van der Waals surface area contributed by atoms with E-state index in [0.717, 1.165) is 30.2 Å². The van der Waals surface area contributed by atoms with Crippen molar-refractivity contribution in [2.24, 2.45) is 4.99 Å². The predicted molar refractivity (Wildman–Crippen MR) is 112 cm³/mol. The molecule has 0 saturated carbocycles. The Morgan fingerprint density at radius 1 is 1.32 bits per heavy atom. The molecule has 0 radical (unpaired) electrons. The molecule has 0 spiro atoms. The number of carbonyl (C=O) groups excluding carboxylic acids is 2. The number of carbonyl (C=O) groups is 2. The second-order valence-electron chi connectivity index (χ2n) is 7.64. The zero-order valence-electron chi connectivity index (χ0n) is 17.1. The van der Waals surface area contributed by atoms with Crippen LogP contribution < -0.4 is 16.0 Å². The molecular formula is C19H31N5O3S. The monoisotopic (exact) mass is 409 g/mol. The molecule has 1 aliphatic rings. The highest BCUT2D eigenvalue weighted by molar-refractivity contribution is 7.12. The fourth-order valence-corrected chi connectivity index (χ4v) is 3.50. The molecule has 28 heavy (non-hydrogen) atoms. The van der Waals surface area contributed by atoms with Gasteiger partial charge in [-0.1, -0.05) is 6.07 Å². The van der Waals surface area contributed by atoms with Crippen molar-refractivity contribution < 1.29 is 14.3 Å². The number of amides is 2. The van der Waals surface area contributed by atoms with Gasteiger partial charge in [-0.25, -0.2) is 4.79 Å².